The van der Waals surface area contributed by atoms with E-state index in [4.69, 9.17) is 26.9 Å². The lowest BCUT2D eigenvalue weighted by molar-refractivity contribution is -0.109. The molecule has 0 aliphatic carbocycles. The number of tetrazole rings is 1. The van der Waals surface area contributed by atoms with Crippen molar-refractivity contribution in [1.29, 1.82) is 0 Å². The molecule has 0 bridgehead atoms. The molecule has 0 amide bonds. The van der Waals surface area contributed by atoms with Gasteiger partial charge in [-0.1, -0.05) is 176 Å². The monoisotopic (exact) mass is 722 g/mol. The van der Waals surface area contributed by atoms with Crippen molar-refractivity contribution in [2.24, 2.45) is 0 Å². The van der Waals surface area contributed by atoms with Crippen LogP contribution < -0.4 is 0 Å². The van der Waals surface area contributed by atoms with Gasteiger partial charge in [-0.2, -0.15) is 0 Å². The first-order valence-corrected chi connectivity index (χ1v) is 18.9. The van der Waals surface area contributed by atoms with Gasteiger partial charge in [0, 0.05) is 31.2 Å². The highest BCUT2D eigenvalue weighted by molar-refractivity contribution is 8.12. The summed E-state index contributed by atoms with van der Waals surface area (Å²) >= 11 is 7.89. The van der Waals surface area contributed by atoms with E-state index in [1.54, 1.807) is 6.92 Å². The first-order valence-electron chi connectivity index (χ1n) is 17.5. The molecule has 7 rings (SSSR count). The number of carbonyl (C=O) groups excluding carboxylic acids is 1. The standard InChI is InChI=1S/C43H39ClN6OS/c1-3-4-24-40-45-41(44)39(30-52-31(2)51)49(40)29-32-25-27-33(28-26-32)37-22-14-15-23-38(37)42-46-47-48-50(42)43(34-16-8-5-9-17-34,35-18-10-6-11-19-35)36-20-12-7-13-21-36/h5-23,25-28H,3-4,24,29-30H2,1-2H3. The number of nitrogens with zero attached hydrogens (tertiary/aromatic N) is 6. The maximum absolute atomic E-state index is 11.8. The Balaban J connectivity index is 1.31. The van der Waals surface area contributed by atoms with Gasteiger partial charge in [0.05, 0.1) is 5.69 Å². The lowest BCUT2D eigenvalue weighted by Gasteiger charge is -2.36. The first kappa shape index (κ1) is 35.1. The normalized spacial score (nSPS) is 11.5. The van der Waals surface area contributed by atoms with E-state index < -0.39 is 5.54 Å². The van der Waals surface area contributed by atoms with Crippen LogP contribution in [0.25, 0.3) is 22.5 Å². The third-order valence-corrected chi connectivity index (χ3v) is 10.5. The first-order chi connectivity index (χ1) is 25.5. The van der Waals surface area contributed by atoms with E-state index in [1.165, 1.54) is 11.8 Å². The molecule has 7 nitrogen and oxygen atoms in total. The van der Waals surface area contributed by atoms with E-state index in [0.29, 0.717) is 23.3 Å². The van der Waals surface area contributed by atoms with E-state index in [0.717, 1.165) is 69.7 Å². The van der Waals surface area contributed by atoms with Gasteiger partial charge in [0.15, 0.2) is 16.1 Å². The number of hydrogen-bond donors (Lipinski definition) is 0. The van der Waals surface area contributed by atoms with Crippen LogP contribution in [-0.2, 0) is 29.1 Å². The molecule has 7 aromatic rings. The fraction of sp³-hybridized carbons (Fsp3) is 0.186. The second-order valence-corrected chi connectivity index (χ2v) is 14.2. The Morgan fingerprint density at radius 1 is 0.750 bits per heavy atom. The molecule has 2 heterocycles. The van der Waals surface area contributed by atoms with Crippen LogP contribution in [0.2, 0.25) is 5.15 Å². The third-order valence-electron chi connectivity index (χ3n) is 9.40. The summed E-state index contributed by atoms with van der Waals surface area (Å²) in [7, 11) is 0. The molecule has 0 aliphatic heterocycles. The van der Waals surface area contributed by atoms with Crippen molar-refractivity contribution in [3.63, 3.8) is 0 Å². The van der Waals surface area contributed by atoms with Gasteiger partial charge in [-0.15, -0.1) is 5.10 Å². The minimum absolute atomic E-state index is 0.0570. The van der Waals surface area contributed by atoms with Gasteiger partial charge in [0.2, 0.25) is 0 Å². The largest absolute Gasteiger partial charge is 0.325 e. The summed E-state index contributed by atoms with van der Waals surface area (Å²) in [5.74, 6) is 2.09. The number of halogens is 1. The Morgan fingerprint density at radius 2 is 1.31 bits per heavy atom. The summed E-state index contributed by atoms with van der Waals surface area (Å²) in [6, 6.07) is 48.2. The molecule has 52 heavy (non-hydrogen) atoms. The second kappa shape index (κ2) is 15.9. The average Bonchev–Trinajstić information content (AvgIpc) is 3.79. The number of unbranched alkanes of at least 4 members (excludes halogenated alkanes) is 1. The third kappa shape index (κ3) is 6.96. The minimum atomic E-state index is -0.862. The predicted octanol–water partition coefficient (Wildman–Crippen LogP) is 9.87. The molecule has 9 heteroatoms. The molecule has 0 N–H and O–H groups in total. The Hall–Kier alpha value is -5.31. The fourth-order valence-electron chi connectivity index (χ4n) is 6.91. The molecule has 0 aliphatic rings. The van der Waals surface area contributed by atoms with Gasteiger partial charge < -0.3 is 4.57 Å². The molecule has 0 fully saturated rings. The van der Waals surface area contributed by atoms with Crippen LogP contribution in [0, 0.1) is 0 Å². The summed E-state index contributed by atoms with van der Waals surface area (Å²) < 4.78 is 4.16. The zero-order chi connectivity index (χ0) is 35.9. The van der Waals surface area contributed by atoms with Crippen LogP contribution in [0.4, 0.5) is 0 Å². The number of hydrogen-bond acceptors (Lipinski definition) is 6. The maximum Gasteiger partial charge on any atom is 0.186 e. The Labute approximate surface area is 313 Å². The van der Waals surface area contributed by atoms with E-state index in [9.17, 15) is 4.79 Å². The van der Waals surface area contributed by atoms with E-state index in [1.807, 2.05) is 35.0 Å². The highest BCUT2D eigenvalue weighted by Crippen LogP contribution is 2.43. The summed E-state index contributed by atoms with van der Waals surface area (Å²) in [6.07, 6.45) is 2.90. The molecular formula is C43H39ClN6OS. The molecule has 0 unspecified atom stereocenters. The summed E-state index contributed by atoms with van der Waals surface area (Å²) in [5.41, 5.74) is 7.24. The predicted molar refractivity (Wildman–Crippen MR) is 210 cm³/mol. The van der Waals surface area contributed by atoms with E-state index in [-0.39, 0.29) is 5.12 Å². The molecular weight excluding hydrogens is 684 g/mol. The second-order valence-electron chi connectivity index (χ2n) is 12.7. The number of aromatic nitrogens is 6. The Bertz CT molecular complexity index is 2160. The minimum Gasteiger partial charge on any atom is -0.325 e. The smallest absolute Gasteiger partial charge is 0.186 e. The van der Waals surface area contributed by atoms with Gasteiger partial charge in [-0.3, -0.25) is 4.79 Å². The molecule has 5 aromatic carbocycles. The zero-order valence-corrected chi connectivity index (χ0v) is 30.8. The number of aryl methyl sites for hydroxylation is 1. The van der Waals surface area contributed by atoms with Gasteiger partial charge in [0.25, 0.3) is 0 Å². The van der Waals surface area contributed by atoms with Crippen LogP contribution >= 0.6 is 23.4 Å². The summed E-state index contributed by atoms with van der Waals surface area (Å²) in [6.45, 7) is 4.36. The molecule has 0 saturated carbocycles. The molecule has 260 valence electrons. The topological polar surface area (TPSA) is 78.5 Å². The molecule has 0 spiro atoms. The van der Waals surface area contributed by atoms with Crippen LogP contribution in [0.15, 0.2) is 140 Å². The van der Waals surface area contributed by atoms with E-state index in [2.05, 4.69) is 126 Å². The fourth-order valence-corrected chi connectivity index (χ4v) is 7.89. The molecule has 0 atom stereocenters. The van der Waals surface area contributed by atoms with Crippen LogP contribution in [0.5, 0.6) is 0 Å². The highest BCUT2D eigenvalue weighted by Gasteiger charge is 2.42. The van der Waals surface area contributed by atoms with Crippen molar-refractivity contribution in [2.45, 2.75) is 50.9 Å². The van der Waals surface area contributed by atoms with Crippen molar-refractivity contribution < 1.29 is 4.79 Å². The van der Waals surface area contributed by atoms with Crippen molar-refractivity contribution in [3.8, 4) is 22.5 Å². The van der Waals surface area contributed by atoms with Gasteiger partial charge in [-0.05, 0) is 50.2 Å². The van der Waals surface area contributed by atoms with Crippen LogP contribution in [0.1, 0.15) is 60.5 Å². The van der Waals surface area contributed by atoms with Crippen molar-refractivity contribution in [1.82, 2.24) is 29.8 Å². The number of benzene rings is 5. The SMILES string of the molecule is CCCCc1nc(Cl)c(CSC(C)=O)n1Cc1ccc(-c2ccccc2-c2nnnn2C(c2ccccc2)(c2ccccc2)c2ccccc2)cc1. The number of imidazole rings is 1. The lowest BCUT2D eigenvalue weighted by atomic mass is 9.77. The Kier molecular flexibility index (Phi) is 10.8. The highest BCUT2D eigenvalue weighted by atomic mass is 35.5. The van der Waals surface area contributed by atoms with Crippen LogP contribution in [0.3, 0.4) is 0 Å². The Morgan fingerprint density at radius 3 is 1.87 bits per heavy atom. The van der Waals surface area contributed by atoms with Gasteiger partial charge >= 0.3 is 0 Å². The maximum atomic E-state index is 11.8. The van der Waals surface area contributed by atoms with E-state index >= 15 is 0 Å². The molecule has 0 radical (unpaired) electrons. The van der Waals surface area contributed by atoms with Crippen molar-refractivity contribution in [2.75, 3.05) is 0 Å². The zero-order valence-electron chi connectivity index (χ0n) is 29.2. The quantitative estimate of drug-likeness (QED) is 0.110. The number of thioether (sulfide) groups is 1. The van der Waals surface area contributed by atoms with Crippen molar-refractivity contribution in [3.05, 3.63) is 178 Å². The van der Waals surface area contributed by atoms with Gasteiger partial charge in [0.1, 0.15) is 11.4 Å². The lowest BCUT2D eigenvalue weighted by Crippen LogP contribution is -2.39. The molecule has 2 aromatic heterocycles. The number of rotatable bonds is 13. The average molecular weight is 723 g/mol. The number of carbonyl (C=O) groups is 1. The van der Waals surface area contributed by atoms with Crippen molar-refractivity contribution >= 4 is 28.5 Å². The summed E-state index contributed by atoms with van der Waals surface area (Å²) in [5, 5.41) is 14.3. The summed E-state index contributed by atoms with van der Waals surface area (Å²) in [4.78, 5) is 16.5. The molecule has 0 saturated heterocycles. The van der Waals surface area contributed by atoms with Crippen LogP contribution in [-0.4, -0.2) is 34.9 Å². The van der Waals surface area contributed by atoms with Gasteiger partial charge in [-0.25, -0.2) is 9.67 Å².